The van der Waals surface area contributed by atoms with Crippen molar-refractivity contribution in [3.05, 3.63) is 0 Å². The number of nitrogens with zero attached hydrogens (tertiary/aromatic N) is 1. The monoisotopic (exact) mass is 145 g/mol. The van der Waals surface area contributed by atoms with Gasteiger partial charge in [0.05, 0.1) is 0 Å². The van der Waals surface area contributed by atoms with E-state index in [0.29, 0.717) is 6.42 Å². The molecular formula is C6H15N3O. The molecule has 0 aromatic rings. The van der Waals surface area contributed by atoms with Crippen LogP contribution in [0, 0.1) is 0 Å². The highest BCUT2D eigenvalue weighted by molar-refractivity contribution is 5.75. The third-order valence-electron chi connectivity index (χ3n) is 1.11. The number of aliphatic hydroxyl groups excluding tert-OH is 1. The Morgan fingerprint density at radius 3 is 2.60 bits per heavy atom. The average Bonchev–Trinajstić information content (AvgIpc) is 1.82. The van der Waals surface area contributed by atoms with E-state index >= 15 is 0 Å². The Kier molecular flexibility index (Phi) is 4.66. The Morgan fingerprint density at radius 1 is 1.60 bits per heavy atom. The van der Waals surface area contributed by atoms with Gasteiger partial charge in [0.1, 0.15) is 6.23 Å². The number of nitrogens with two attached hydrogens (primary N) is 2. The van der Waals surface area contributed by atoms with Crippen LogP contribution >= 0.6 is 0 Å². The lowest BCUT2D eigenvalue weighted by molar-refractivity contribution is 0.171. The van der Waals surface area contributed by atoms with Crippen molar-refractivity contribution in [1.82, 2.24) is 0 Å². The summed E-state index contributed by atoms with van der Waals surface area (Å²) in [7, 11) is 0. The number of aliphatic hydroxyl groups is 1. The summed E-state index contributed by atoms with van der Waals surface area (Å²) in [5.74, 6) is -0.0522. The molecule has 0 saturated carbocycles. The Morgan fingerprint density at radius 2 is 2.20 bits per heavy atom. The molecule has 0 aliphatic carbocycles. The Bertz CT molecular complexity index is 110. The van der Waals surface area contributed by atoms with Crippen molar-refractivity contribution < 1.29 is 5.11 Å². The molecule has 60 valence electrons. The first kappa shape index (κ1) is 9.23. The minimum Gasteiger partial charge on any atom is -0.372 e. The normalized spacial score (nSPS) is 12.6. The zero-order valence-electron chi connectivity index (χ0n) is 6.25. The molecule has 0 heterocycles. The fraction of sp³-hybridized carbons (Fsp3) is 0.833. The second kappa shape index (κ2) is 5.05. The summed E-state index contributed by atoms with van der Waals surface area (Å²) in [6.07, 6.45) is 1.90. The fourth-order valence-corrected chi connectivity index (χ4v) is 0.623. The first-order valence-electron chi connectivity index (χ1n) is 3.43. The van der Waals surface area contributed by atoms with E-state index in [0.717, 1.165) is 12.8 Å². The molecule has 0 radical (unpaired) electrons. The Labute approximate surface area is 60.9 Å². The van der Waals surface area contributed by atoms with Gasteiger partial charge in [0, 0.05) is 0 Å². The number of rotatable bonds is 4. The lowest BCUT2D eigenvalue weighted by Gasteiger charge is -2.02. The molecule has 1 atom stereocenters. The minimum atomic E-state index is -0.718. The summed E-state index contributed by atoms with van der Waals surface area (Å²) in [6, 6.07) is 0. The molecular weight excluding hydrogens is 130 g/mol. The number of aliphatic imine (C=N–C) groups is 1. The number of hydrogen-bond donors (Lipinski definition) is 3. The molecule has 0 aromatic carbocycles. The quantitative estimate of drug-likeness (QED) is 0.377. The van der Waals surface area contributed by atoms with Gasteiger partial charge in [-0.15, -0.1) is 0 Å². The van der Waals surface area contributed by atoms with Crippen LogP contribution in [0.4, 0.5) is 0 Å². The van der Waals surface area contributed by atoms with Crippen molar-refractivity contribution in [1.29, 1.82) is 0 Å². The van der Waals surface area contributed by atoms with Crippen molar-refractivity contribution >= 4 is 5.96 Å². The molecule has 0 rings (SSSR count). The second-order valence-electron chi connectivity index (χ2n) is 2.18. The summed E-state index contributed by atoms with van der Waals surface area (Å²) < 4.78 is 0. The molecule has 4 nitrogen and oxygen atoms in total. The topological polar surface area (TPSA) is 84.6 Å². The lowest BCUT2D eigenvalue weighted by atomic mass is 10.2. The Balaban J connectivity index is 3.43. The number of unbranched alkanes of at least 4 members (excludes halogenated alkanes) is 1. The molecule has 0 amide bonds. The van der Waals surface area contributed by atoms with Crippen molar-refractivity contribution in [2.45, 2.75) is 32.4 Å². The van der Waals surface area contributed by atoms with Gasteiger partial charge in [-0.1, -0.05) is 13.3 Å². The van der Waals surface area contributed by atoms with E-state index in [-0.39, 0.29) is 5.96 Å². The highest BCUT2D eigenvalue weighted by atomic mass is 16.3. The van der Waals surface area contributed by atoms with Crippen molar-refractivity contribution in [2.75, 3.05) is 0 Å². The Hall–Kier alpha value is -0.770. The van der Waals surface area contributed by atoms with Gasteiger partial charge in [0.25, 0.3) is 0 Å². The molecule has 0 saturated heterocycles. The zero-order chi connectivity index (χ0) is 7.98. The predicted octanol–water partition coefficient (Wildman–Crippen LogP) is -0.232. The van der Waals surface area contributed by atoms with Crippen molar-refractivity contribution in [3.8, 4) is 0 Å². The van der Waals surface area contributed by atoms with Crippen LogP contribution in [0.3, 0.4) is 0 Å². The van der Waals surface area contributed by atoms with Crippen molar-refractivity contribution in [2.24, 2.45) is 16.5 Å². The van der Waals surface area contributed by atoms with Gasteiger partial charge in [0.2, 0.25) is 0 Å². The van der Waals surface area contributed by atoms with Crippen LogP contribution in [0.2, 0.25) is 0 Å². The van der Waals surface area contributed by atoms with Crippen LogP contribution in [0.15, 0.2) is 4.99 Å². The SMILES string of the molecule is CCCCC(O)N=C(N)N. The third-order valence-corrected chi connectivity index (χ3v) is 1.11. The summed E-state index contributed by atoms with van der Waals surface area (Å²) in [4.78, 5) is 3.54. The highest BCUT2D eigenvalue weighted by Crippen LogP contribution is 1.99. The van der Waals surface area contributed by atoms with Crippen LogP contribution in [0.25, 0.3) is 0 Å². The van der Waals surface area contributed by atoms with E-state index in [1.54, 1.807) is 0 Å². The van der Waals surface area contributed by atoms with E-state index in [9.17, 15) is 0 Å². The molecule has 4 heteroatoms. The smallest absolute Gasteiger partial charge is 0.188 e. The predicted molar refractivity (Wildman–Crippen MR) is 41.3 cm³/mol. The van der Waals surface area contributed by atoms with E-state index in [4.69, 9.17) is 16.6 Å². The molecule has 0 bridgehead atoms. The number of hydrogen-bond acceptors (Lipinski definition) is 2. The average molecular weight is 145 g/mol. The lowest BCUT2D eigenvalue weighted by Crippen LogP contribution is -2.25. The molecule has 0 fully saturated rings. The number of guanidine groups is 1. The molecule has 0 aliphatic heterocycles. The third kappa shape index (κ3) is 5.37. The molecule has 0 spiro atoms. The summed E-state index contributed by atoms with van der Waals surface area (Å²) in [5, 5.41) is 9.00. The first-order chi connectivity index (χ1) is 4.66. The fourth-order valence-electron chi connectivity index (χ4n) is 0.623. The molecule has 0 aliphatic rings. The van der Waals surface area contributed by atoms with Crippen LogP contribution in [0.1, 0.15) is 26.2 Å². The maximum atomic E-state index is 9.00. The van der Waals surface area contributed by atoms with E-state index in [1.165, 1.54) is 0 Å². The maximum Gasteiger partial charge on any atom is 0.188 e. The summed E-state index contributed by atoms with van der Waals surface area (Å²) in [5.41, 5.74) is 10.1. The van der Waals surface area contributed by atoms with Crippen LogP contribution in [-0.2, 0) is 0 Å². The largest absolute Gasteiger partial charge is 0.372 e. The highest BCUT2D eigenvalue weighted by Gasteiger charge is 1.98. The van der Waals surface area contributed by atoms with Gasteiger partial charge in [-0.2, -0.15) is 0 Å². The van der Waals surface area contributed by atoms with Crippen LogP contribution in [0.5, 0.6) is 0 Å². The van der Waals surface area contributed by atoms with Gasteiger partial charge in [-0.05, 0) is 12.8 Å². The van der Waals surface area contributed by atoms with Crippen molar-refractivity contribution in [3.63, 3.8) is 0 Å². The van der Waals surface area contributed by atoms with E-state index in [1.807, 2.05) is 6.92 Å². The van der Waals surface area contributed by atoms with Gasteiger partial charge in [-0.3, -0.25) is 0 Å². The molecule has 1 unspecified atom stereocenters. The van der Waals surface area contributed by atoms with Crippen LogP contribution < -0.4 is 11.5 Å². The first-order valence-corrected chi connectivity index (χ1v) is 3.43. The van der Waals surface area contributed by atoms with Gasteiger partial charge >= 0.3 is 0 Å². The van der Waals surface area contributed by atoms with Crippen LogP contribution in [-0.4, -0.2) is 17.3 Å². The van der Waals surface area contributed by atoms with E-state index < -0.39 is 6.23 Å². The summed E-state index contributed by atoms with van der Waals surface area (Å²) >= 11 is 0. The molecule has 0 aromatic heterocycles. The second-order valence-corrected chi connectivity index (χ2v) is 2.18. The zero-order valence-corrected chi connectivity index (χ0v) is 6.25. The van der Waals surface area contributed by atoms with Gasteiger partial charge < -0.3 is 16.6 Å². The standard InChI is InChI=1S/C6H15N3O/c1-2-3-4-5(10)9-6(7)8/h5,10H,2-4H2,1H3,(H4,7,8,9). The van der Waals surface area contributed by atoms with Gasteiger partial charge in [0.15, 0.2) is 5.96 Å². The maximum absolute atomic E-state index is 9.00. The van der Waals surface area contributed by atoms with E-state index in [2.05, 4.69) is 4.99 Å². The molecule has 10 heavy (non-hydrogen) atoms. The molecule has 5 N–H and O–H groups in total. The minimum absolute atomic E-state index is 0.0522. The van der Waals surface area contributed by atoms with Gasteiger partial charge in [-0.25, -0.2) is 4.99 Å². The summed E-state index contributed by atoms with van der Waals surface area (Å²) in [6.45, 7) is 2.04.